The molecule has 0 unspecified atom stereocenters. The summed E-state index contributed by atoms with van der Waals surface area (Å²) in [6.07, 6.45) is 3.75. The van der Waals surface area contributed by atoms with Gasteiger partial charge in [-0.05, 0) is 55.2 Å². The minimum Gasteiger partial charge on any atom is -0.370 e. The van der Waals surface area contributed by atoms with Crippen molar-refractivity contribution in [3.63, 3.8) is 0 Å². The fraction of sp³-hybridized carbons (Fsp3) is 0.241. The fourth-order valence-electron chi connectivity index (χ4n) is 4.54. The lowest BCUT2D eigenvalue weighted by Crippen LogP contribution is -2.31. The molecule has 1 aromatic carbocycles. The zero-order valence-electron chi connectivity index (χ0n) is 20.3. The minimum atomic E-state index is -4.53. The Hall–Kier alpha value is -4.45. The van der Waals surface area contributed by atoms with E-state index in [2.05, 4.69) is 26.7 Å². The summed E-state index contributed by atoms with van der Waals surface area (Å²) in [4.78, 5) is 38.5. The highest BCUT2D eigenvalue weighted by molar-refractivity contribution is 6.37. The van der Waals surface area contributed by atoms with Gasteiger partial charge in [0.15, 0.2) is 0 Å². The van der Waals surface area contributed by atoms with Crippen molar-refractivity contribution in [2.24, 2.45) is 0 Å². The molecule has 0 radical (unpaired) electrons. The van der Waals surface area contributed by atoms with Crippen LogP contribution in [0.15, 0.2) is 72.7 Å². The Morgan fingerprint density at radius 1 is 0.895 bits per heavy atom. The molecule has 1 fully saturated rings. The number of amides is 2. The van der Waals surface area contributed by atoms with Crippen LogP contribution in [-0.4, -0.2) is 39.8 Å². The van der Waals surface area contributed by atoms with Gasteiger partial charge in [-0.25, -0.2) is 0 Å². The van der Waals surface area contributed by atoms with Crippen LogP contribution in [0.4, 0.5) is 18.9 Å². The Labute approximate surface area is 217 Å². The molecule has 2 amide bonds. The molecule has 192 valence electrons. The van der Waals surface area contributed by atoms with E-state index in [1.54, 1.807) is 36.8 Å². The Morgan fingerprint density at radius 3 is 2.34 bits per heavy atom. The number of hydrogen-bond donors (Lipinski definition) is 0. The van der Waals surface area contributed by atoms with Gasteiger partial charge >= 0.3 is 6.18 Å². The minimum absolute atomic E-state index is 0.0349. The lowest BCUT2D eigenvalue weighted by atomic mass is 10.00. The second-order valence-electron chi connectivity index (χ2n) is 9.07. The van der Waals surface area contributed by atoms with Crippen LogP contribution in [0, 0.1) is 11.8 Å². The van der Waals surface area contributed by atoms with Crippen LogP contribution in [0.25, 0.3) is 5.57 Å². The van der Waals surface area contributed by atoms with Gasteiger partial charge in [0.1, 0.15) is 5.57 Å². The fourth-order valence-corrected chi connectivity index (χ4v) is 4.54. The molecule has 6 nitrogen and oxygen atoms in total. The summed E-state index contributed by atoms with van der Waals surface area (Å²) < 4.78 is 39.3. The molecule has 0 atom stereocenters. The van der Waals surface area contributed by atoms with Gasteiger partial charge in [0.2, 0.25) is 0 Å². The number of halogens is 3. The van der Waals surface area contributed by atoms with E-state index in [0.29, 0.717) is 11.3 Å². The van der Waals surface area contributed by atoms with E-state index in [4.69, 9.17) is 0 Å². The maximum Gasteiger partial charge on any atom is 0.416 e. The number of aromatic nitrogens is 2. The summed E-state index contributed by atoms with van der Waals surface area (Å²) in [5.41, 5.74) is 1.21. The number of benzene rings is 1. The second-order valence-corrected chi connectivity index (χ2v) is 9.07. The van der Waals surface area contributed by atoms with Crippen molar-refractivity contribution in [2.75, 3.05) is 18.0 Å². The van der Waals surface area contributed by atoms with Gasteiger partial charge in [0, 0.05) is 31.0 Å². The summed E-state index contributed by atoms with van der Waals surface area (Å²) in [5, 5.41) is 0. The molecule has 38 heavy (non-hydrogen) atoms. The van der Waals surface area contributed by atoms with Crippen LogP contribution in [0.1, 0.15) is 41.6 Å². The van der Waals surface area contributed by atoms with Crippen molar-refractivity contribution >= 4 is 23.1 Å². The molecule has 2 aliphatic rings. The third-order valence-electron chi connectivity index (χ3n) is 6.49. The number of imide groups is 1. The molecule has 3 aromatic rings. The first-order valence-corrected chi connectivity index (χ1v) is 12.2. The number of rotatable bonds is 4. The number of carbonyl (C=O) groups is 2. The summed E-state index contributed by atoms with van der Waals surface area (Å²) in [6.45, 7) is 1.77. The third-order valence-corrected chi connectivity index (χ3v) is 6.49. The monoisotopic (exact) mass is 516 g/mol. The lowest BCUT2D eigenvalue weighted by molar-refractivity contribution is -0.138. The highest BCUT2D eigenvalue weighted by atomic mass is 19.4. The number of piperidine rings is 1. The number of alkyl halides is 3. The quantitative estimate of drug-likeness (QED) is 0.366. The average molecular weight is 517 g/mol. The number of pyridine rings is 2. The molecule has 4 heterocycles. The summed E-state index contributed by atoms with van der Waals surface area (Å²) in [7, 11) is 0. The molecule has 0 N–H and O–H groups in total. The van der Waals surface area contributed by atoms with Crippen LogP contribution >= 0.6 is 0 Å². The van der Waals surface area contributed by atoms with Crippen molar-refractivity contribution < 1.29 is 22.8 Å². The van der Waals surface area contributed by atoms with Crippen molar-refractivity contribution in [3.8, 4) is 11.8 Å². The second kappa shape index (κ2) is 10.5. The van der Waals surface area contributed by atoms with Gasteiger partial charge in [0.05, 0.1) is 35.3 Å². The first-order valence-electron chi connectivity index (χ1n) is 12.2. The predicted molar refractivity (Wildman–Crippen MR) is 135 cm³/mol. The van der Waals surface area contributed by atoms with Gasteiger partial charge in [-0.15, -0.1) is 0 Å². The van der Waals surface area contributed by atoms with E-state index in [1.807, 2.05) is 6.07 Å². The van der Waals surface area contributed by atoms with Crippen LogP contribution < -0.4 is 4.90 Å². The maximum absolute atomic E-state index is 13.4. The Kier molecular flexibility index (Phi) is 6.97. The SMILES string of the molecule is O=C1C(C#Cc2cncc(N3CCCCC3)c2)=C(c2ccc(C(F)(F)F)cc2)C(=O)N1Cc1ccccn1. The number of carbonyl (C=O) groups excluding carboxylic acids is 2. The Balaban J connectivity index is 1.52. The summed E-state index contributed by atoms with van der Waals surface area (Å²) >= 11 is 0. The molecule has 2 aliphatic heterocycles. The van der Waals surface area contributed by atoms with Gasteiger partial charge in [0.25, 0.3) is 11.8 Å². The lowest BCUT2D eigenvalue weighted by Gasteiger charge is -2.28. The molecular formula is C29H23F3N4O2. The predicted octanol–water partition coefficient (Wildman–Crippen LogP) is 4.86. The third kappa shape index (κ3) is 5.30. The zero-order chi connectivity index (χ0) is 26.7. The molecule has 1 saturated heterocycles. The molecule has 0 spiro atoms. The highest BCUT2D eigenvalue weighted by Crippen LogP contribution is 2.34. The van der Waals surface area contributed by atoms with Crippen LogP contribution in [0.2, 0.25) is 0 Å². The van der Waals surface area contributed by atoms with Gasteiger partial charge < -0.3 is 4.90 Å². The molecular weight excluding hydrogens is 493 g/mol. The van der Waals surface area contributed by atoms with Crippen molar-refractivity contribution in [1.29, 1.82) is 0 Å². The Bertz CT molecular complexity index is 1450. The van der Waals surface area contributed by atoms with E-state index in [-0.39, 0.29) is 23.3 Å². The van der Waals surface area contributed by atoms with E-state index in [9.17, 15) is 22.8 Å². The normalized spacial score (nSPS) is 16.1. The standard InChI is InChI=1S/C29H23F3N4O2/c30-29(31,32)22-10-8-21(9-11-22)26-25(27(37)36(28(26)38)19-23-6-2-3-13-34-23)12-7-20-16-24(18-33-17-20)35-14-4-1-5-15-35/h2-3,6,8-11,13,16-18H,1,4-5,14-15,19H2. The van der Waals surface area contributed by atoms with E-state index in [0.717, 1.165) is 48.7 Å². The van der Waals surface area contributed by atoms with E-state index < -0.39 is 23.6 Å². The highest BCUT2D eigenvalue weighted by Gasteiger charge is 2.39. The first kappa shape index (κ1) is 25.2. The van der Waals surface area contributed by atoms with Crippen LogP contribution in [0.3, 0.4) is 0 Å². The molecule has 9 heteroatoms. The van der Waals surface area contributed by atoms with Crippen molar-refractivity contribution in [2.45, 2.75) is 32.0 Å². The average Bonchev–Trinajstić information content (AvgIpc) is 3.17. The van der Waals surface area contributed by atoms with Gasteiger partial charge in [-0.3, -0.25) is 24.5 Å². The zero-order valence-corrected chi connectivity index (χ0v) is 20.3. The van der Waals surface area contributed by atoms with Crippen LogP contribution in [-0.2, 0) is 22.3 Å². The summed E-state index contributed by atoms with van der Waals surface area (Å²) in [6, 6.07) is 11.2. The largest absolute Gasteiger partial charge is 0.416 e. The van der Waals surface area contributed by atoms with Gasteiger partial charge in [-0.1, -0.05) is 30.0 Å². The number of nitrogens with zero attached hydrogens (tertiary/aromatic N) is 4. The maximum atomic E-state index is 13.4. The van der Waals surface area contributed by atoms with Gasteiger partial charge in [-0.2, -0.15) is 13.2 Å². The van der Waals surface area contributed by atoms with E-state index in [1.165, 1.54) is 18.6 Å². The molecule has 0 saturated carbocycles. The number of hydrogen-bond acceptors (Lipinski definition) is 5. The Morgan fingerprint density at radius 2 is 1.66 bits per heavy atom. The van der Waals surface area contributed by atoms with Crippen LogP contribution in [0.5, 0.6) is 0 Å². The van der Waals surface area contributed by atoms with Crippen molar-refractivity contribution in [1.82, 2.24) is 14.9 Å². The number of anilines is 1. The van der Waals surface area contributed by atoms with Crippen molar-refractivity contribution in [3.05, 3.63) is 95.1 Å². The van der Waals surface area contributed by atoms with E-state index >= 15 is 0 Å². The summed E-state index contributed by atoms with van der Waals surface area (Å²) in [5.74, 6) is 4.52. The topological polar surface area (TPSA) is 66.4 Å². The molecule has 0 aliphatic carbocycles. The molecule has 5 rings (SSSR count). The molecule has 0 bridgehead atoms. The first-order chi connectivity index (χ1) is 18.3. The smallest absolute Gasteiger partial charge is 0.370 e. The molecule has 2 aromatic heterocycles.